The van der Waals surface area contributed by atoms with E-state index in [1.54, 1.807) is 43.3 Å². The summed E-state index contributed by atoms with van der Waals surface area (Å²) in [6, 6.07) is 13.3. The van der Waals surface area contributed by atoms with Gasteiger partial charge in [0.15, 0.2) is 0 Å². The van der Waals surface area contributed by atoms with Gasteiger partial charge in [-0.2, -0.15) is 0 Å². The van der Waals surface area contributed by atoms with Crippen molar-refractivity contribution in [2.45, 2.75) is 19.4 Å². The van der Waals surface area contributed by atoms with Crippen molar-refractivity contribution < 1.29 is 23.8 Å². The van der Waals surface area contributed by atoms with Crippen LogP contribution in [0.5, 0.6) is 5.75 Å². The molecule has 2 aromatic carbocycles. The first-order valence-corrected chi connectivity index (χ1v) is 10.4. The van der Waals surface area contributed by atoms with Crippen LogP contribution in [0, 0.1) is 5.82 Å². The van der Waals surface area contributed by atoms with Crippen molar-refractivity contribution in [1.29, 1.82) is 0 Å². The lowest BCUT2D eigenvalue weighted by Gasteiger charge is -2.25. The number of halogens is 1. The second kappa shape index (κ2) is 10.9. The average molecular weight is 416 g/mol. The van der Waals surface area contributed by atoms with Gasteiger partial charge in [-0.1, -0.05) is 0 Å². The van der Waals surface area contributed by atoms with E-state index >= 15 is 0 Å². The molecular formula is C23H29FN2O4. The number of hydrogen-bond donors (Lipinski definition) is 1. The number of aliphatic hydroxyl groups excluding tert-OH is 1. The normalized spacial score (nSPS) is 16.0. The van der Waals surface area contributed by atoms with Gasteiger partial charge in [-0.15, -0.1) is 0 Å². The summed E-state index contributed by atoms with van der Waals surface area (Å²) in [6.45, 7) is 6.25. The first-order chi connectivity index (χ1) is 14.5. The van der Waals surface area contributed by atoms with E-state index in [9.17, 15) is 14.3 Å². The molecule has 1 heterocycles. The van der Waals surface area contributed by atoms with Gasteiger partial charge in [-0.05, 0) is 68.4 Å². The molecule has 0 aromatic heterocycles. The number of nitrogens with zero attached hydrogens (tertiary/aromatic N) is 2. The number of rotatable bonds is 8. The third kappa shape index (κ3) is 6.43. The van der Waals surface area contributed by atoms with E-state index in [1.165, 1.54) is 12.1 Å². The fourth-order valence-electron chi connectivity index (χ4n) is 3.51. The lowest BCUT2D eigenvalue weighted by Crippen LogP contribution is -2.38. The van der Waals surface area contributed by atoms with E-state index in [4.69, 9.17) is 9.47 Å². The number of benzene rings is 2. The van der Waals surface area contributed by atoms with E-state index in [-0.39, 0.29) is 18.4 Å². The molecular weight excluding hydrogens is 387 g/mol. The topological polar surface area (TPSA) is 62.2 Å². The smallest absolute Gasteiger partial charge is 0.338 e. The van der Waals surface area contributed by atoms with E-state index in [0.29, 0.717) is 24.5 Å². The summed E-state index contributed by atoms with van der Waals surface area (Å²) in [5.41, 5.74) is 1.49. The highest BCUT2D eigenvalue weighted by Gasteiger charge is 2.18. The Labute approximate surface area is 176 Å². The molecule has 1 aliphatic heterocycles. The molecule has 0 bridgehead atoms. The summed E-state index contributed by atoms with van der Waals surface area (Å²) in [5, 5.41) is 10.4. The second-order valence-corrected chi connectivity index (χ2v) is 7.33. The summed E-state index contributed by atoms with van der Waals surface area (Å²) in [6.07, 6.45) is 0.354. The third-order valence-electron chi connectivity index (χ3n) is 5.06. The molecule has 1 atom stereocenters. The number of carbonyl (C=O) groups excluding carboxylic acids is 1. The van der Waals surface area contributed by atoms with Crippen molar-refractivity contribution in [3.63, 3.8) is 0 Å². The Balaban J connectivity index is 1.43. The Kier molecular flexibility index (Phi) is 8.04. The molecule has 162 valence electrons. The van der Waals surface area contributed by atoms with Gasteiger partial charge in [0, 0.05) is 31.9 Å². The van der Waals surface area contributed by atoms with Crippen LogP contribution >= 0.6 is 0 Å². The Morgan fingerprint density at radius 3 is 2.50 bits per heavy atom. The van der Waals surface area contributed by atoms with Gasteiger partial charge in [0.1, 0.15) is 24.3 Å². The molecule has 1 unspecified atom stereocenters. The van der Waals surface area contributed by atoms with Crippen molar-refractivity contribution in [3.05, 3.63) is 59.9 Å². The molecule has 30 heavy (non-hydrogen) atoms. The number of ether oxygens (including phenoxy) is 2. The van der Waals surface area contributed by atoms with E-state index in [2.05, 4.69) is 9.80 Å². The molecule has 1 aliphatic rings. The highest BCUT2D eigenvalue weighted by Crippen LogP contribution is 2.17. The first-order valence-electron chi connectivity index (χ1n) is 10.4. The van der Waals surface area contributed by atoms with Crippen LogP contribution < -0.4 is 9.64 Å². The number of carbonyl (C=O) groups is 1. The Morgan fingerprint density at radius 2 is 1.80 bits per heavy atom. The van der Waals surface area contributed by atoms with Crippen molar-refractivity contribution in [3.8, 4) is 5.75 Å². The zero-order valence-electron chi connectivity index (χ0n) is 17.3. The largest absolute Gasteiger partial charge is 0.491 e. The number of anilines is 1. The number of esters is 1. The fraction of sp³-hybridized carbons (Fsp3) is 0.435. The fourth-order valence-corrected chi connectivity index (χ4v) is 3.51. The minimum atomic E-state index is -0.618. The Morgan fingerprint density at radius 1 is 1.07 bits per heavy atom. The lowest BCUT2D eigenvalue weighted by atomic mass is 10.2. The van der Waals surface area contributed by atoms with Gasteiger partial charge in [0.2, 0.25) is 0 Å². The second-order valence-electron chi connectivity index (χ2n) is 7.33. The maximum absolute atomic E-state index is 13.1. The first kappa shape index (κ1) is 22.1. The van der Waals surface area contributed by atoms with Crippen LogP contribution in [0.25, 0.3) is 0 Å². The van der Waals surface area contributed by atoms with Crippen LogP contribution in [-0.2, 0) is 4.74 Å². The lowest BCUT2D eigenvalue weighted by molar-refractivity contribution is 0.0525. The van der Waals surface area contributed by atoms with E-state index < -0.39 is 6.10 Å². The maximum atomic E-state index is 13.1. The molecule has 7 heteroatoms. The van der Waals surface area contributed by atoms with Crippen LogP contribution in [0.4, 0.5) is 10.1 Å². The number of β-amino-alcohol motifs (C(OH)–C–C–N with tert-alkyl or cyclic N) is 1. The standard InChI is InChI=1S/C23H29FN2O4/c1-2-29-23(28)18-4-10-22(11-5-18)30-17-21(27)16-25-12-3-13-26(15-14-25)20-8-6-19(24)7-9-20/h4-11,21,27H,2-3,12-17H2,1H3. The highest BCUT2D eigenvalue weighted by molar-refractivity contribution is 5.89. The van der Waals surface area contributed by atoms with Gasteiger partial charge >= 0.3 is 5.97 Å². The van der Waals surface area contributed by atoms with Crippen LogP contribution in [0.1, 0.15) is 23.7 Å². The van der Waals surface area contributed by atoms with E-state index in [0.717, 1.165) is 38.3 Å². The van der Waals surface area contributed by atoms with Crippen molar-refractivity contribution in [2.75, 3.05) is 50.8 Å². The SMILES string of the molecule is CCOC(=O)c1ccc(OCC(O)CN2CCCN(c3ccc(F)cc3)CC2)cc1. The molecule has 2 aromatic rings. The molecule has 0 radical (unpaired) electrons. The molecule has 6 nitrogen and oxygen atoms in total. The zero-order chi connectivity index (χ0) is 21.3. The van der Waals surface area contributed by atoms with Crippen LogP contribution in [0.15, 0.2) is 48.5 Å². The van der Waals surface area contributed by atoms with Gasteiger partial charge in [-0.3, -0.25) is 4.90 Å². The van der Waals surface area contributed by atoms with Crippen LogP contribution in [-0.4, -0.2) is 68.0 Å². The van der Waals surface area contributed by atoms with Crippen molar-refractivity contribution >= 4 is 11.7 Å². The maximum Gasteiger partial charge on any atom is 0.338 e. The van der Waals surface area contributed by atoms with Gasteiger partial charge in [0.25, 0.3) is 0 Å². The molecule has 1 saturated heterocycles. The quantitative estimate of drug-likeness (QED) is 0.668. The number of hydrogen-bond acceptors (Lipinski definition) is 6. The minimum absolute atomic E-state index is 0.178. The van der Waals surface area contributed by atoms with Crippen molar-refractivity contribution in [1.82, 2.24) is 4.90 Å². The Hall–Kier alpha value is -2.64. The zero-order valence-corrected chi connectivity index (χ0v) is 17.3. The summed E-state index contributed by atoms with van der Waals surface area (Å²) < 4.78 is 23.8. The highest BCUT2D eigenvalue weighted by atomic mass is 19.1. The summed E-state index contributed by atoms with van der Waals surface area (Å²) in [5.74, 6) is 0.00855. The van der Waals surface area contributed by atoms with Gasteiger partial charge in [-0.25, -0.2) is 9.18 Å². The molecule has 0 aliphatic carbocycles. The molecule has 1 N–H and O–H groups in total. The monoisotopic (exact) mass is 416 g/mol. The predicted molar refractivity (Wildman–Crippen MR) is 114 cm³/mol. The van der Waals surface area contributed by atoms with Crippen molar-refractivity contribution in [2.24, 2.45) is 0 Å². The predicted octanol–water partition coefficient (Wildman–Crippen LogP) is 2.95. The molecule has 1 fully saturated rings. The van der Waals surface area contributed by atoms with Gasteiger partial charge in [0.05, 0.1) is 12.2 Å². The number of aliphatic hydroxyl groups is 1. The Bertz CT molecular complexity index is 798. The minimum Gasteiger partial charge on any atom is -0.491 e. The summed E-state index contributed by atoms with van der Waals surface area (Å²) >= 11 is 0. The summed E-state index contributed by atoms with van der Waals surface area (Å²) in [4.78, 5) is 16.1. The molecule has 0 amide bonds. The van der Waals surface area contributed by atoms with Crippen LogP contribution in [0.3, 0.4) is 0 Å². The van der Waals surface area contributed by atoms with Crippen LogP contribution in [0.2, 0.25) is 0 Å². The molecule has 0 saturated carbocycles. The third-order valence-corrected chi connectivity index (χ3v) is 5.06. The summed E-state index contributed by atoms with van der Waals surface area (Å²) in [7, 11) is 0. The van der Waals surface area contributed by atoms with Gasteiger partial charge < -0.3 is 19.5 Å². The molecule has 3 rings (SSSR count). The van der Waals surface area contributed by atoms with E-state index in [1.807, 2.05) is 0 Å². The average Bonchev–Trinajstić information content (AvgIpc) is 2.99. The molecule has 0 spiro atoms.